The molecule has 2 aromatic carbocycles. The summed E-state index contributed by atoms with van der Waals surface area (Å²) in [5.41, 5.74) is 4.28. The lowest BCUT2D eigenvalue weighted by atomic mass is 9.81. The van der Waals surface area contributed by atoms with Gasteiger partial charge in [0.25, 0.3) is 0 Å². The van der Waals surface area contributed by atoms with Gasteiger partial charge in [0.1, 0.15) is 17.4 Å². The largest absolute Gasteiger partial charge is 0.497 e. The molecule has 0 saturated carbocycles. The quantitative estimate of drug-likeness (QED) is 0.243. The zero-order valence-electron chi connectivity index (χ0n) is 20.4. The second kappa shape index (κ2) is 12.8. The van der Waals surface area contributed by atoms with Crippen molar-refractivity contribution in [1.82, 2.24) is 15.4 Å². The van der Waals surface area contributed by atoms with Gasteiger partial charge in [-0.1, -0.05) is 0 Å². The van der Waals surface area contributed by atoms with Crippen molar-refractivity contribution in [2.45, 2.75) is 30.2 Å². The van der Waals surface area contributed by atoms with E-state index in [1.54, 1.807) is 13.3 Å². The number of halogens is 2. The van der Waals surface area contributed by atoms with Crippen LogP contribution in [0, 0.1) is 23.5 Å². The van der Waals surface area contributed by atoms with Crippen LogP contribution >= 0.6 is 11.8 Å². The summed E-state index contributed by atoms with van der Waals surface area (Å²) in [6.07, 6.45) is 4.25. The molecule has 36 heavy (non-hydrogen) atoms. The maximum atomic E-state index is 13.9. The zero-order chi connectivity index (χ0) is 25.5. The molecule has 6 nitrogen and oxygen atoms in total. The number of hydrogen-bond donors (Lipinski definition) is 3. The maximum Gasteiger partial charge on any atom is 0.136 e. The number of pyridine rings is 1. The number of methoxy groups -OCH3 is 1. The van der Waals surface area contributed by atoms with Gasteiger partial charge in [-0.15, -0.1) is 11.8 Å². The highest BCUT2D eigenvalue weighted by Gasteiger charge is 2.29. The van der Waals surface area contributed by atoms with Crippen LogP contribution in [0.3, 0.4) is 0 Å². The Morgan fingerprint density at radius 3 is 2.83 bits per heavy atom. The van der Waals surface area contributed by atoms with Gasteiger partial charge in [0, 0.05) is 41.9 Å². The van der Waals surface area contributed by atoms with Gasteiger partial charge in [0.2, 0.25) is 0 Å². The number of thioether (sulfide) groups is 1. The Morgan fingerprint density at radius 1 is 1.19 bits per heavy atom. The van der Waals surface area contributed by atoms with E-state index in [1.165, 1.54) is 17.8 Å². The van der Waals surface area contributed by atoms with Crippen LogP contribution in [-0.4, -0.2) is 59.3 Å². The first-order valence-corrected chi connectivity index (χ1v) is 13.2. The molecule has 1 saturated heterocycles. The number of aliphatic hydroxyl groups is 1. The van der Waals surface area contributed by atoms with E-state index in [0.717, 1.165) is 66.8 Å². The molecule has 0 radical (unpaired) electrons. The van der Waals surface area contributed by atoms with Gasteiger partial charge in [-0.2, -0.15) is 5.48 Å². The summed E-state index contributed by atoms with van der Waals surface area (Å²) in [4.78, 5) is 7.04. The van der Waals surface area contributed by atoms with Crippen molar-refractivity contribution in [3.63, 3.8) is 0 Å². The molecule has 1 aromatic heterocycles. The first kappa shape index (κ1) is 26.8. The molecule has 4 rings (SSSR count). The Hall–Kier alpha value is -2.30. The van der Waals surface area contributed by atoms with Crippen LogP contribution in [0.4, 0.5) is 8.78 Å². The lowest BCUT2D eigenvalue weighted by Crippen LogP contribution is -2.43. The number of aliphatic hydroxyl groups excluding tert-OH is 1. The first-order chi connectivity index (χ1) is 17.5. The van der Waals surface area contributed by atoms with Crippen molar-refractivity contribution in [2.75, 3.05) is 39.1 Å². The minimum absolute atomic E-state index is 0.0967. The Kier molecular flexibility index (Phi) is 9.50. The average Bonchev–Trinajstić information content (AvgIpc) is 2.91. The summed E-state index contributed by atoms with van der Waals surface area (Å²) < 4.78 is 32.6. The van der Waals surface area contributed by atoms with Crippen molar-refractivity contribution < 1.29 is 23.8 Å². The van der Waals surface area contributed by atoms with Crippen molar-refractivity contribution in [2.24, 2.45) is 11.8 Å². The third-order valence-corrected chi connectivity index (χ3v) is 8.12. The molecule has 1 fully saturated rings. The van der Waals surface area contributed by atoms with E-state index in [-0.39, 0.29) is 18.6 Å². The fourth-order valence-corrected chi connectivity index (χ4v) is 6.04. The number of benzene rings is 2. The molecular formula is C27H33F2N3O3S. The molecule has 0 aliphatic carbocycles. The van der Waals surface area contributed by atoms with Gasteiger partial charge >= 0.3 is 0 Å². The third kappa shape index (κ3) is 6.52. The van der Waals surface area contributed by atoms with Gasteiger partial charge in [0.15, 0.2) is 0 Å². The van der Waals surface area contributed by atoms with E-state index in [9.17, 15) is 19.1 Å². The van der Waals surface area contributed by atoms with E-state index in [4.69, 9.17) is 4.74 Å². The average molecular weight is 518 g/mol. The van der Waals surface area contributed by atoms with E-state index in [0.29, 0.717) is 23.0 Å². The molecule has 3 aromatic rings. The predicted octanol–water partition coefficient (Wildman–Crippen LogP) is 5.04. The summed E-state index contributed by atoms with van der Waals surface area (Å²) in [7, 11) is 1.62. The van der Waals surface area contributed by atoms with Crippen LogP contribution < -0.4 is 10.2 Å². The van der Waals surface area contributed by atoms with E-state index in [1.807, 2.05) is 24.3 Å². The molecule has 0 spiro atoms. The molecule has 1 aliphatic heterocycles. The van der Waals surface area contributed by atoms with Crippen LogP contribution in [0.25, 0.3) is 10.9 Å². The van der Waals surface area contributed by atoms with Crippen molar-refractivity contribution >= 4 is 22.7 Å². The summed E-state index contributed by atoms with van der Waals surface area (Å²) in [5.74, 6) is 1.01. The summed E-state index contributed by atoms with van der Waals surface area (Å²) in [6.45, 7) is 2.49. The second-order valence-electron chi connectivity index (χ2n) is 9.26. The first-order valence-electron chi connectivity index (χ1n) is 12.3. The molecule has 1 aliphatic rings. The Morgan fingerprint density at radius 2 is 2.06 bits per heavy atom. The number of hydrogen-bond acceptors (Lipinski definition) is 7. The minimum atomic E-state index is -0.436. The van der Waals surface area contributed by atoms with Gasteiger partial charge in [0.05, 0.1) is 18.7 Å². The number of aromatic nitrogens is 1. The molecule has 0 bridgehead atoms. The SMILES string of the molecule is COc1ccc2nccc([C@H](CC[C@@H]3CCN(CCSc4cc(F)ccc4F)C[C@@H]3CO)NO)c2c1. The number of piperidine rings is 1. The molecule has 3 N–H and O–H groups in total. The van der Waals surface area contributed by atoms with Crippen LogP contribution in [0.2, 0.25) is 0 Å². The second-order valence-corrected chi connectivity index (χ2v) is 10.4. The lowest BCUT2D eigenvalue weighted by molar-refractivity contribution is 0.0626. The number of likely N-dealkylation sites (tertiary alicyclic amines) is 1. The van der Waals surface area contributed by atoms with Crippen molar-refractivity contribution in [3.8, 4) is 5.75 Å². The van der Waals surface area contributed by atoms with E-state index < -0.39 is 11.6 Å². The number of hydroxylamine groups is 1. The van der Waals surface area contributed by atoms with Crippen LogP contribution in [0.15, 0.2) is 53.6 Å². The van der Waals surface area contributed by atoms with E-state index in [2.05, 4.69) is 15.4 Å². The van der Waals surface area contributed by atoms with Crippen molar-refractivity contribution in [3.05, 3.63) is 65.9 Å². The minimum Gasteiger partial charge on any atom is -0.497 e. The number of nitrogens with one attached hydrogen (secondary N) is 1. The summed E-state index contributed by atoms with van der Waals surface area (Å²) in [5, 5.41) is 21.0. The molecule has 0 unspecified atom stereocenters. The Balaban J connectivity index is 1.33. The molecular weight excluding hydrogens is 484 g/mol. The monoisotopic (exact) mass is 517 g/mol. The number of ether oxygens (including phenoxy) is 1. The number of rotatable bonds is 11. The lowest BCUT2D eigenvalue weighted by Gasteiger charge is -2.38. The molecule has 3 atom stereocenters. The fraction of sp³-hybridized carbons (Fsp3) is 0.444. The zero-order valence-corrected chi connectivity index (χ0v) is 21.2. The Labute approximate surface area is 214 Å². The molecule has 194 valence electrons. The maximum absolute atomic E-state index is 13.9. The van der Waals surface area contributed by atoms with Gasteiger partial charge in [-0.05, 0) is 85.7 Å². The third-order valence-electron chi connectivity index (χ3n) is 7.11. The predicted molar refractivity (Wildman–Crippen MR) is 137 cm³/mol. The highest BCUT2D eigenvalue weighted by Crippen LogP contribution is 2.33. The highest BCUT2D eigenvalue weighted by molar-refractivity contribution is 7.99. The van der Waals surface area contributed by atoms with Gasteiger partial charge < -0.3 is 20.0 Å². The fourth-order valence-electron chi connectivity index (χ4n) is 5.07. The van der Waals surface area contributed by atoms with Crippen LogP contribution in [0.5, 0.6) is 5.75 Å². The van der Waals surface area contributed by atoms with Gasteiger partial charge in [-0.3, -0.25) is 4.98 Å². The molecule has 2 heterocycles. The number of nitrogens with zero attached hydrogens (tertiary/aromatic N) is 2. The smallest absolute Gasteiger partial charge is 0.136 e. The van der Waals surface area contributed by atoms with E-state index >= 15 is 0 Å². The molecule has 9 heteroatoms. The number of fused-ring (bicyclic) bond motifs is 1. The standard InChI is InChI=1S/C27H33F2N3O3S/c1-35-21-4-7-25-23(15-21)22(8-10-30-25)26(31-34)6-2-18-9-11-32(16-19(18)17-33)12-13-36-27-14-20(28)3-5-24(27)29/h3-5,7-8,10,14-15,18-19,26,31,33-34H,2,6,9,11-13,16-17H2,1H3/t18-,19-,26+/m1/s1. The summed E-state index contributed by atoms with van der Waals surface area (Å²) in [6, 6.07) is 10.9. The van der Waals surface area contributed by atoms with Crippen LogP contribution in [0.1, 0.15) is 30.9 Å². The molecule has 0 amide bonds. The highest BCUT2D eigenvalue weighted by atomic mass is 32.2. The van der Waals surface area contributed by atoms with Gasteiger partial charge in [-0.25, -0.2) is 8.78 Å². The summed E-state index contributed by atoms with van der Waals surface area (Å²) >= 11 is 1.31. The normalized spacial score (nSPS) is 19.5. The topological polar surface area (TPSA) is 77.9 Å². The van der Waals surface area contributed by atoms with Crippen LogP contribution in [-0.2, 0) is 0 Å². The van der Waals surface area contributed by atoms with Crippen molar-refractivity contribution in [1.29, 1.82) is 0 Å². The Bertz CT molecular complexity index is 1150.